The zero-order valence-electron chi connectivity index (χ0n) is 8.64. The molecule has 0 radical (unpaired) electrons. The summed E-state index contributed by atoms with van der Waals surface area (Å²) in [5, 5.41) is 19.6. The molecule has 94 valence electrons. The molecule has 0 aliphatic carbocycles. The molecule has 0 aliphatic rings. The van der Waals surface area contributed by atoms with Gasteiger partial charge < -0.3 is 20.3 Å². The maximum atomic E-state index is 11.9. The van der Waals surface area contributed by atoms with Gasteiger partial charge in [0.05, 0.1) is 12.6 Å². The van der Waals surface area contributed by atoms with Crippen molar-refractivity contribution in [3.05, 3.63) is 29.8 Å². The molecule has 1 amide bonds. The Morgan fingerprint density at radius 2 is 1.94 bits per heavy atom. The molecular formula is C10H11F2NO4. The highest BCUT2D eigenvalue weighted by atomic mass is 19.3. The summed E-state index contributed by atoms with van der Waals surface area (Å²) in [4.78, 5) is 10.4. The van der Waals surface area contributed by atoms with E-state index in [9.17, 15) is 13.6 Å². The van der Waals surface area contributed by atoms with Crippen LogP contribution in [0.15, 0.2) is 24.3 Å². The van der Waals surface area contributed by atoms with Crippen molar-refractivity contribution in [2.45, 2.75) is 12.7 Å². The lowest BCUT2D eigenvalue weighted by Crippen LogP contribution is -2.29. The number of nitrogens with one attached hydrogen (secondary N) is 1. The Kier molecular flexibility index (Phi) is 4.65. The molecule has 5 nitrogen and oxygen atoms in total. The molecule has 0 aromatic heterocycles. The van der Waals surface area contributed by atoms with Crippen molar-refractivity contribution in [3.63, 3.8) is 0 Å². The first-order chi connectivity index (χ1) is 8.02. The predicted octanol–water partition coefficient (Wildman–Crippen LogP) is 1.59. The van der Waals surface area contributed by atoms with Gasteiger partial charge in [0, 0.05) is 0 Å². The largest absolute Gasteiger partial charge is 0.465 e. The number of aliphatic hydroxyl groups is 1. The first kappa shape index (κ1) is 13.2. The van der Waals surface area contributed by atoms with Gasteiger partial charge >= 0.3 is 12.7 Å². The van der Waals surface area contributed by atoms with Gasteiger partial charge in [-0.1, -0.05) is 12.1 Å². The Labute approximate surface area is 95.6 Å². The van der Waals surface area contributed by atoms with E-state index in [4.69, 9.17) is 10.2 Å². The van der Waals surface area contributed by atoms with Crippen LogP contribution in [-0.2, 0) is 0 Å². The van der Waals surface area contributed by atoms with Crippen LogP contribution in [0, 0.1) is 0 Å². The number of alkyl halides is 2. The summed E-state index contributed by atoms with van der Waals surface area (Å²) in [7, 11) is 0. The predicted molar refractivity (Wildman–Crippen MR) is 54.1 cm³/mol. The molecule has 17 heavy (non-hydrogen) atoms. The molecule has 3 N–H and O–H groups in total. The number of halogens is 2. The highest BCUT2D eigenvalue weighted by molar-refractivity contribution is 5.65. The summed E-state index contributed by atoms with van der Waals surface area (Å²) in [5.41, 5.74) is 0.455. The summed E-state index contributed by atoms with van der Waals surface area (Å²) in [6.45, 7) is -3.34. The van der Waals surface area contributed by atoms with Crippen molar-refractivity contribution >= 4 is 6.09 Å². The molecule has 0 aliphatic heterocycles. The van der Waals surface area contributed by atoms with Crippen LogP contribution in [-0.4, -0.2) is 29.5 Å². The second-order valence-electron chi connectivity index (χ2n) is 3.13. The number of ether oxygens (including phenoxy) is 1. The number of carboxylic acid groups (broad SMARTS) is 1. The summed E-state index contributed by atoms with van der Waals surface area (Å²) < 4.78 is 27.9. The maximum absolute atomic E-state index is 11.9. The lowest BCUT2D eigenvalue weighted by molar-refractivity contribution is -0.0498. The minimum atomic E-state index is -2.91. The van der Waals surface area contributed by atoms with Crippen LogP contribution in [0.4, 0.5) is 13.6 Å². The van der Waals surface area contributed by atoms with Crippen LogP contribution in [0.25, 0.3) is 0 Å². The Morgan fingerprint density at radius 3 is 2.35 bits per heavy atom. The van der Waals surface area contributed by atoms with Gasteiger partial charge in [-0.25, -0.2) is 4.79 Å². The fourth-order valence-electron chi connectivity index (χ4n) is 1.27. The van der Waals surface area contributed by atoms with Crippen molar-refractivity contribution in [2.75, 3.05) is 6.61 Å². The molecule has 0 fully saturated rings. The maximum Gasteiger partial charge on any atom is 0.405 e. The zero-order chi connectivity index (χ0) is 12.8. The van der Waals surface area contributed by atoms with Crippen molar-refractivity contribution in [2.24, 2.45) is 0 Å². The van der Waals surface area contributed by atoms with E-state index in [1.54, 1.807) is 0 Å². The minimum absolute atomic E-state index is 0.0317. The third-order valence-electron chi connectivity index (χ3n) is 1.99. The zero-order valence-corrected chi connectivity index (χ0v) is 8.64. The number of rotatable bonds is 5. The Bertz CT molecular complexity index is 369. The summed E-state index contributed by atoms with van der Waals surface area (Å²) >= 11 is 0. The molecular weight excluding hydrogens is 236 g/mol. The molecule has 1 unspecified atom stereocenters. The first-order valence-corrected chi connectivity index (χ1v) is 4.68. The summed E-state index contributed by atoms with van der Waals surface area (Å²) in [6.07, 6.45) is -1.28. The van der Waals surface area contributed by atoms with Gasteiger partial charge in [-0.05, 0) is 17.7 Å². The van der Waals surface area contributed by atoms with Crippen LogP contribution in [0.2, 0.25) is 0 Å². The van der Waals surface area contributed by atoms with Gasteiger partial charge in [-0.3, -0.25) is 0 Å². The number of hydrogen-bond donors (Lipinski definition) is 3. The number of hydrogen-bond acceptors (Lipinski definition) is 3. The van der Waals surface area contributed by atoms with E-state index < -0.39 is 25.4 Å². The molecule has 0 saturated carbocycles. The van der Waals surface area contributed by atoms with Gasteiger partial charge in [0.25, 0.3) is 0 Å². The molecule has 1 rings (SSSR count). The van der Waals surface area contributed by atoms with Crippen molar-refractivity contribution in [3.8, 4) is 5.75 Å². The number of aliphatic hydroxyl groups excluding tert-OH is 1. The number of carbonyl (C=O) groups is 1. The van der Waals surface area contributed by atoms with Crippen LogP contribution in [0.5, 0.6) is 5.75 Å². The normalized spacial score (nSPS) is 12.2. The fourth-order valence-corrected chi connectivity index (χ4v) is 1.27. The van der Waals surface area contributed by atoms with E-state index in [2.05, 4.69) is 10.1 Å². The van der Waals surface area contributed by atoms with E-state index in [1.807, 2.05) is 0 Å². The van der Waals surface area contributed by atoms with Crippen LogP contribution >= 0.6 is 0 Å². The average Bonchev–Trinajstić information content (AvgIpc) is 2.26. The molecule has 1 atom stereocenters. The average molecular weight is 247 g/mol. The molecule has 1 aromatic carbocycles. The van der Waals surface area contributed by atoms with E-state index in [0.29, 0.717) is 5.56 Å². The van der Waals surface area contributed by atoms with Gasteiger partial charge in [0.15, 0.2) is 0 Å². The van der Waals surface area contributed by atoms with Crippen molar-refractivity contribution < 1.29 is 28.5 Å². The lowest BCUT2D eigenvalue weighted by Gasteiger charge is -2.14. The second kappa shape index (κ2) is 6.00. The Balaban J connectivity index is 2.74. The van der Waals surface area contributed by atoms with Crippen LogP contribution < -0.4 is 10.1 Å². The number of amides is 1. The van der Waals surface area contributed by atoms with Gasteiger partial charge in [0.2, 0.25) is 0 Å². The Morgan fingerprint density at radius 1 is 1.35 bits per heavy atom. The molecule has 1 aromatic rings. The lowest BCUT2D eigenvalue weighted by atomic mass is 10.1. The monoisotopic (exact) mass is 247 g/mol. The van der Waals surface area contributed by atoms with Crippen LogP contribution in [0.3, 0.4) is 0 Å². The highest BCUT2D eigenvalue weighted by Gasteiger charge is 2.13. The van der Waals surface area contributed by atoms with E-state index in [0.717, 1.165) is 0 Å². The molecule has 0 spiro atoms. The van der Waals surface area contributed by atoms with E-state index in [-0.39, 0.29) is 5.75 Å². The third-order valence-corrected chi connectivity index (χ3v) is 1.99. The topological polar surface area (TPSA) is 78.8 Å². The quantitative estimate of drug-likeness (QED) is 0.738. The van der Waals surface area contributed by atoms with Gasteiger partial charge in [-0.15, -0.1) is 0 Å². The van der Waals surface area contributed by atoms with Gasteiger partial charge in [-0.2, -0.15) is 8.78 Å². The standard InChI is InChI=1S/C10H11F2NO4/c11-9(12)17-7-3-1-6(2-4-7)8(5-14)13-10(15)16/h1-4,8-9,13-14H,5H2,(H,15,16). The molecule has 0 heterocycles. The highest BCUT2D eigenvalue weighted by Crippen LogP contribution is 2.19. The molecule has 7 heteroatoms. The molecule has 0 saturated heterocycles. The smallest absolute Gasteiger partial charge is 0.405 e. The van der Waals surface area contributed by atoms with Crippen molar-refractivity contribution in [1.82, 2.24) is 5.32 Å². The Hall–Kier alpha value is -1.89. The summed E-state index contributed by atoms with van der Waals surface area (Å²) in [6, 6.07) is 4.54. The minimum Gasteiger partial charge on any atom is -0.465 e. The third kappa shape index (κ3) is 4.23. The molecule has 0 bridgehead atoms. The van der Waals surface area contributed by atoms with Gasteiger partial charge in [0.1, 0.15) is 5.75 Å². The fraction of sp³-hybridized carbons (Fsp3) is 0.300. The number of benzene rings is 1. The van der Waals surface area contributed by atoms with E-state index in [1.165, 1.54) is 24.3 Å². The second-order valence-corrected chi connectivity index (χ2v) is 3.13. The van der Waals surface area contributed by atoms with Crippen LogP contribution in [0.1, 0.15) is 11.6 Å². The van der Waals surface area contributed by atoms with E-state index >= 15 is 0 Å². The summed E-state index contributed by atoms with van der Waals surface area (Å²) in [5.74, 6) is -0.0317. The SMILES string of the molecule is O=C(O)NC(CO)c1ccc(OC(F)F)cc1. The van der Waals surface area contributed by atoms with Crippen molar-refractivity contribution in [1.29, 1.82) is 0 Å². The first-order valence-electron chi connectivity index (χ1n) is 4.68.